The molecule has 1 amide bonds. The zero-order valence-electron chi connectivity index (χ0n) is 29.0. The number of hydrogen-bond donors (Lipinski definition) is 5. The number of ether oxygens (including phenoxy) is 1. The predicted molar refractivity (Wildman–Crippen MR) is 181 cm³/mol. The van der Waals surface area contributed by atoms with Gasteiger partial charge in [-0.1, -0.05) is 162 Å². The molecule has 0 aliphatic rings. The van der Waals surface area contributed by atoms with Crippen LogP contribution >= 0.6 is 0 Å². The monoisotopic (exact) mass is 632 g/mol. The number of rotatable bonds is 32. The lowest BCUT2D eigenvalue weighted by molar-refractivity contribution is -0.117. The molecular weight excluding hydrogens is 558 g/mol. The lowest BCUT2D eigenvalue weighted by Crippen LogP contribution is -2.50. The molecule has 8 nitrogen and oxygen atoms in total. The SMILES string of the molecule is CCCCCCCCCCC(C)CCCCCCCCCCCCCCCCOC(=O)N(C)C[C@H](O)[C@@H](O)[C@H](O)[C@H](O)CO. The Balaban J connectivity index is 3.45. The molecule has 0 rings (SSSR count). The maximum Gasteiger partial charge on any atom is 0.409 e. The normalized spacial score (nSPS) is 15.1. The first-order chi connectivity index (χ1) is 21.2. The van der Waals surface area contributed by atoms with Crippen LogP contribution in [0.5, 0.6) is 0 Å². The van der Waals surface area contributed by atoms with Crippen molar-refractivity contribution >= 4 is 6.09 Å². The third kappa shape index (κ3) is 25.3. The van der Waals surface area contributed by atoms with Crippen LogP contribution in [0.1, 0.15) is 168 Å². The number of amides is 1. The molecule has 0 saturated carbocycles. The Kier molecular flexibility index (Phi) is 30.1. The summed E-state index contributed by atoms with van der Waals surface area (Å²) in [6, 6.07) is 0. The van der Waals surface area contributed by atoms with Gasteiger partial charge in [-0.3, -0.25) is 0 Å². The molecule has 44 heavy (non-hydrogen) atoms. The van der Waals surface area contributed by atoms with E-state index >= 15 is 0 Å². The highest BCUT2D eigenvalue weighted by Crippen LogP contribution is 2.19. The average Bonchev–Trinajstić information content (AvgIpc) is 3.02. The maximum absolute atomic E-state index is 12.1. The lowest BCUT2D eigenvalue weighted by Gasteiger charge is -2.28. The van der Waals surface area contributed by atoms with Gasteiger partial charge in [-0.05, 0) is 12.3 Å². The summed E-state index contributed by atoms with van der Waals surface area (Å²) in [4.78, 5) is 13.2. The van der Waals surface area contributed by atoms with Gasteiger partial charge in [0.15, 0.2) is 0 Å². The van der Waals surface area contributed by atoms with E-state index in [0.29, 0.717) is 6.61 Å². The van der Waals surface area contributed by atoms with Crippen LogP contribution in [0.25, 0.3) is 0 Å². The van der Waals surface area contributed by atoms with Crippen LogP contribution in [0.2, 0.25) is 0 Å². The van der Waals surface area contributed by atoms with Gasteiger partial charge in [-0.25, -0.2) is 4.79 Å². The van der Waals surface area contributed by atoms with E-state index in [1.165, 1.54) is 142 Å². The van der Waals surface area contributed by atoms with Crippen LogP contribution in [0, 0.1) is 5.92 Å². The van der Waals surface area contributed by atoms with E-state index in [9.17, 15) is 25.2 Å². The van der Waals surface area contributed by atoms with Crippen molar-refractivity contribution in [2.45, 2.75) is 192 Å². The van der Waals surface area contributed by atoms with Crippen LogP contribution in [0.4, 0.5) is 4.79 Å². The van der Waals surface area contributed by atoms with Crippen LogP contribution in [0.15, 0.2) is 0 Å². The molecule has 0 spiro atoms. The fraction of sp³-hybridized carbons (Fsp3) is 0.972. The fourth-order valence-electron chi connectivity index (χ4n) is 5.78. The Bertz CT molecular complexity index is 623. The second-order valence-electron chi connectivity index (χ2n) is 13.4. The molecule has 264 valence electrons. The van der Waals surface area contributed by atoms with Crippen molar-refractivity contribution in [3.8, 4) is 0 Å². The number of carbonyl (C=O) groups is 1. The summed E-state index contributed by atoms with van der Waals surface area (Å²) < 4.78 is 5.21. The zero-order valence-corrected chi connectivity index (χ0v) is 29.0. The number of unbranched alkanes of at least 4 members (excludes halogenated alkanes) is 20. The van der Waals surface area contributed by atoms with E-state index in [1.807, 2.05) is 0 Å². The third-order valence-corrected chi connectivity index (χ3v) is 8.97. The second kappa shape index (κ2) is 30.7. The molecule has 8 heteroatoms. The highest BCUT2D eigenvalue weighted by atomic mass is 16.6. The van der Waals surface area contributed by atoms with Gasteiger partial charge in [0.1, 0.15) is 24.4 Å². The van der Waals surface area contributed by atoms with E-state index in [2.05, 4.69) is 13.8 Å². The minimum Gasteiger partial charge on any atom is -0.449 e. The standard InChI is InChI=1S/C36H73NO7/c1-4-5-6-7-8-17-20-23-26-31(2)27-24-21-18-15-13-11-9-10-12-14-16-19-22-25-28-44-36(43)37(3)29-32(39)34(41)35(42)33(40)30-38/h31-35,38-42H,4-30H2,1-3H3/t31?,32-,33+,34+,35+/m0/s1. The van der Waals surface area contributed by atoms with Crippen molar-refractivity contribution < 1.29 is 35.1 Å². The molecular formula is C36H73NO7. The van der Waals surface area contributed by atoms with Gasteiger partial charge in [0, 0.05) is 7.05 Å². The topological polar surface area (TPSA) is 131 Å². The summed E-state index contributed by atoms with van der Waals surface area (Å²) in [7, 11) is 1.42. The van der Waals surface area contributed by atoms with Crippen molar-refractivity contribution in [2.75, 3.05) is 26.8 Å². The summed E-state index contributed by atoms with van der Waals surface area (Å²) >= 11 is 0. The molecule has 0 fully saturated rings. The molecule has 0 heterocycles. The quantitative estimate of drug-likeness (QED) is 0.0486. The molecule has 0 aromatic rings. The minimum atomic E-state index is -1.72. The summed E-state index contributed by atoms with van der Waals surface area (Å²) in [5.41, 5.74) is 0. The van der Waals surface area contributed by atoms with Crippen molar-refractivity contribution in [2.24, 2.45) is 5.92 Å². The zero-order chi connectivity index (χ0) is 32.8. The molecule has 1 unspecified atom stereocenters. The van der Waals surface area contributed by atoms with E-state index in [1.54, 1.807) is 0 Å². The molecule has 5 N–H and O–H groups in total. The number of hydrogen-bond acceptors (Lipinski definition) is 7. The Morgan fingerprint density at radius 3 is 1.36 bits per heavy atom. The number of likely N-dealkylation sites (N-methyl/N-ethyl adjacent to an activating group) is 1. The Morgan fingerprint density at radius 2 is 0.955 bits per heavy atom. The van der Waals surface area contributed by atoms with Crippen molar-refractivity contribution in [1.29, 1.82) is 0 Å². The van der Waals surface area contributed by atoms with Gasteiger partial charge in [0.25, 0.3) is 0 Å². The van der Waals surface area contributed by atoms with Crippen LogP contribution in [-0.4, -0.2) is 87.7 Å². The summed E-state index contributed by atoms with van der Waals surface area (Å²) in [5.74, 6) is 0.908. The van der Waals surface area contributed by atoms with E-state index in [4.69, 9.17) is 9.84 Å². The minimum absolute atomic E-state index is 0.270. The van der Waals surface area contributed by atoms with Crippen molar-refractivity contribution in [1.82, 2.24) is 4.90 Å². The van der Waals surface area contributed by atoms with Crippen molar-refractivity contribution in [3.05, 3.63) is 0 Å². The molecule has 0 bridgehead atoms. The average molecular weight is 632 g/mol. The Morgan fingerprint density at radius 1 is 0.591 bits per heavy atom. The van der Waals surface area contributed by atoms with Gasteiger partial charge in [-0.15, -0.1) is 0 Å². The Hall–Kier alpha value is -0.930. The van der Waals surface area contributed by atoms with Gasteiger partial charge in [0.05, 0.1) is 19.8 Å². The van der Waals surface area contributed by atoms with Gasteiger partial charge >= 0.3 is 6.09 Å². The van der Waals surface area contributed by atoms with Gasteiger partial charge < -0.3 is 35.2 Å². The first kappa shape index (κ1) is 43.1. The molecule has 0 aromatic heterocycles. The van der Waals surface area contributed by atoms with Crippen LogP contribution in [0.3, 0.4) is 0 Å². The first-order valence-electron chi connectivity index (χ1n) is 18.5. The lowest BCUT2D eigenvalue weighted by atomic mass is 9.95. The molecule has 5 atom stereocenters. The second-order valence-corrected chi connectivity index (χ2v) is 13.4. The van der Waals surface area contributed by atoms with E-state index in [0.717, 1.165) is 30.1 Å². The Labute approximate surface area is 271 Å². The fourth-order valence-corrected chi connectivity index (χ4v) is 5.78. The van der Waals surface area contributed by atoms with Gasteiger partial charge in [0.2, 0.25) is 0 Å². The van der Waals surface area contributed by atoms with Gasteiger partial charge in [-0.2, -0.15) is 0 Å². The first-order valence-corrected chi connectivity index (χ1v) is 18.5. The predicted octanol–water partition coefficient (Wildman–Crippen LogP) is 7.51. The number of aliphatic hydroxyl groups excluding tert-OH is 5. The summed E-state index contributed by atoms with van der Waals surface area (Å²) in [6.07, 6.45) is 24.9. The largest absolute Gasteiger partial charge is 0.449 e. The maximum atomic E-state index is 12.1. The highest BCUT2D eigenvalue weighted by molar-refractivity contribution is 5.67. The van der Waals surface area contributed by atoms with Crippen LogP contribution < -0.4 is 0 Å². The van der Waals surface area contributed by atoms with E-state index in [-0.39, 0.29) is 6.54 Å². The van der Waals surface area contributed by atoms with E-state index < -0.39 is 37.1 Å². The summed E-state index contributed by atoms with van der Waals surface area (Å²) in [6.45, 7) is 4.02. The molecule has 0 aliphatic heterocycles. The summed E-state index contributed by atoms with van der Waals surface area (Å²) in [5, 5.41) is 47.7. The van der Waals surface area contributed by atoms with Crippen molar-refractivity contribution in [3.63, 3.8) is 0 Å². The molecule has 0 saturated heterocycles. The number of carbonyl (C=O) groups excluding carboxylic acids is 1. The number of nitrogens with zero attached hydrogens (tertiary/aromatic N) is 1. The van der Waals surface area contributed by atoms with Crippen LogP contribution in [-0.2, 0) is 4.74 Å². The molecule has 0 aromatic carbocycles. The molecule has 0 radical (unpaired) electrons. The highest BCUT2D eigenvalue weighted by Gasteiger charge is 2.31. The number of aliphatic hydroxyl groups is 5. The third-order valence-electron chi connectivity index (χ3n) is 8.97. The molecule has 0 aliphatic carbocycles. The smallest absolute Gasteiger partial charge is 0.409 e.